The lowest BCUT2D eigenvalue weighted by Crippen LogP contribution is -2.41. The van der Waals surface area contributed by atoms with Crippen LogP contribution in [0.5, 0.6) is 0 Å². The Balaban J connectivity index is 0.00000161. The first-order chi connectivity index (χ1) is 9.81. The molecule has 21 heavy (non-hydrogen) atoms. The highest BCUT2D eigenvalue weighted by Crippen LogP contribution is 2.21. The molecule has 1 atom stereocenters. The number of nitrogens with one attached hydrogen (secondary N) is 2. The van der Waals surface area contributed by atoms with Crippen LogP contribution in [0.2, 0.25) is 0 Å². The lowest BCUT2D eigenvalue weighted by atomic mass is 10.2. The number of amides is 1. The predicted octanol–water partition coefficient (Wildman–Crippen LogP) is 2.43. The molecule has 0 saturated carbocycles. The summed E-state index contributed by atoms with van der Waals surface area (Å²) in [6.07, 6.45) is 0.553. The number of fused-ring (bicyclic) bond motifs is 1. The van der Waals surface area contributed by atoms with Crippen LogP contribution in [0.15, 0.2) is 24.3 Å². The number of halogens is 1. The van der Waals surface area contributed by atoms with Crippen molar-refractivity contribution in [3.05, 3.63) is 29.3 Å². The lowest BCUT2D eigenvalue weighted by Gasteiger charge is -2.22. The number of thioether (sulfide) groups is 1. The van der Waals surface area contributed by atoms with Crippen LogP contribution in [0.1, 0.15) is 11.4 Å². The van der Waals surface area contributed by atoms with Crippen LogP contribution < -0.4 is 10.6 Å². The molecule has 1 unspecified atom stereocenters. The smallest absolute Gasteiger partial charge is 0.221 e. The molecule has 114 valence electrons. The topological polar surface area (TPSA) is 54.0 Å². The quantitative estimate of drug-likeness (QED) is 0.895. The summed E-state index contributed by atoms with van der Waals surface area (Å²) >= 11 is 3.55. The molecule has 2 N–H and O–H groups in total. The molecule has 0 radical (unpaired) electrons. The van der Waals surface area contributed by atoms with Gasteiger partial charge in [0.05, 0.1) is 16.8 Å². The van der Waals surface area contributed by atoms with Crippen molar-refractivity contribution < 1.29 is 4.79 Å². The van der Waals surface area contributed by atoms with E-state index in [2.05, 4.69) is 21.7 Å². The zero-order valence-corrected chi connectivity index (χ0v) is 14.0. The lowest BCUT2D eigenvalue weighted by molar-refractivity contribution is -0.121. The number of benzene rings is 1. The zero-order valence-electron chi connectivity index (χ0n) is 11.5. The Morgan fingerprint density at radius 2 is 2.29 bits per heavy atom. The summed E-state index contributed by atoms with van der Waals surface area (Å²) in [6, 6.07) is 8.36. The van der Waals surface area contributed by atoms with Gasteiger partial charge in [0, 0.05) is 30.5 Å². The third-order valence-corrected chi connectivity index (χ3v) is 5.37. The molecule has 1 aliphatic heterocycles. The van der Waals surface area contributed by atoms with Gasteiger partial charge in [0.1, 0.15) is 5.01 Å². The second kappa shape index (κ2) is 7.98. The molecule has 2 heterocycles. The van der Waals surface area contributed by atoms with Crippen molar-refractivity contribution in [3.63, 3.8) is 0 Å². The number of hydrogen-bond acceptors (Lipinski definition) is 5. The first-order valence-electron chi connectivity index (χ1n) is 6.73. The van der Waals surface area contributed by atoms with Gasteiger partial charge in [-0.05, 0) is 12.1 Å². The molecule has 2 aromatic rings. The zero-order chi connectivity index (χ0) is 13.8. The van der Waals surface area contributed by atoms with E-state index in [1.807, 2.05) is 30.0 Å². The highest BCUT2D eigenvalue weighted by molar-refractivity contribution is 7.99. The Hall–Kier alpha value is -0.820. The number of thiazole rings is 1. The van der Waals surface area contributed by atoms with Gasteiger partial charge in [-0.2, -0.15) is 11.8 Å². The van der Waals surface area contributed by atoms with Crippen molar-refractivity contribution in [1.29, 1.82) is 0 Å². The van der Waals surface area contributed by atoms with Gasteiger partial charge in [0.2, 0.25) is 5.91 Å². The predicted molar refractivity (Wildman–Crippen MR) is 92.4 cm³/mol. The van der Waals surface area contributed by atoms with E-state index in [0.717, 1.165) is 28.6 Å². The van der Waals surface area contributed by atoms with E-state index in [1.165, 1.54) is 4.70 Å². The molecule has 1 aliphatic rings. The summed E-state index contributed by atoms with van der Waals surface area (Å²) in [6.45, 7) is 1.53. The second-order valence-electron chi connectivity index (χ2n) is 4.78. The van der Waals surface area contributed by atoms with Gasteiger partial charge in [0.15, 0.2) is 0 Å². The summed E-state index contributed by atoms with van der Waals surface area (Å²) in [5.41, 5.74) is 1.01. The Morgan fingerprint density at radius 1 is 1.43 bits per heavy atom. The fourth-order valence-electron chi connectivity index (χ4n) is 2.22. The molecule has 7 heteroatoms. The van der Waals surface area contributed by atoms with E-state index >= 15 is 0 Å². The van der Waals surface area contributed by atoms with Crippen molar-refractivity contribution in [2.75, 3.05) is 18.1 Å². The van der Waals surface area contributed by atoms with Gasteiger partial charge in [-0.1, -0.05) is 12.1 Å². The molecule has 0 spiro atoms. The molecule has 1 saturated heterocycles. The minimum absolute atomic E-state index is 0. The first kappa shape index (κ1) is 16.5. The van der Waals surface area contributed by atoms with Crippen molar-refractivity contribution in [2.24, 2.45) is 0 Å². The van der Waals surface area contributed by atoms with Crippen LogP contribution in [0.4, 0.5) is 0 Å². The third-order valence-electron chi connectivity index (χ3n) is 3.21. The van der Waals surface area contributed by atoms with Crippen molar-refractivity contribution in [2.45, 2.75) is 19.0 Å². The van der Waals surface area contributed by atoms with Crippen LogP contribution in [0.3, 0.4) is 0 Å². The number of nitrogens with zero attached hydrogens (tertiary/aromatic N) is 1. The SMILES string of the molecule is Cl.O=C(CC1CSCCN1)NCc1nc2ccccc2s1. The maximum Gasteiger partial charge on any atom is 0.221 e. The van der Waals surface area contributed by atoms with E-state index in [9.17, 15) is 4.79 Å². The second-order valence-corrected chi connectivity index (χ2v) is 7.05. The number of hydrogen-bond donors (Lipinski definition) is 2. The fourth-order valence-corrected chi connectivity index (χ4v) is 4.07. The molecular weight excluding hydrogens is 326 g/mol. The largest absolute Gasteiger partial charge is 0.350 e. The number of para-hydroxylation sites is 1. The number of rotatable bonds is 4. The summed E-state index contributed by atoms with van der Waals surface area (Å²) in [4.78, 5) is 16.4. The molecule has 1 fully saturated rings. The summed E-state index contributed by atoms with van der Waals surface area (Å²) in [5.74, 6) is 2.27. The Labute approximate surface area is 138 Å². The number of aromatic nitrogens is 1. The van der Waals surface area contributed by atoms with Crippen molar-refractivity contribution in [3.8, 4) is 0 Å². The summed E-state index contributed by atoms with van der Waals surface area (Å²) in [5, 5.41) is 7.31. The van der Waals surface area contributed by atoms with E-state index in [0.29, 0.717) is 19.0 Å². The number of carbonyl (C=O) groups is 1. The van der Waals surface area contributed by atoms with E-state index < -0.39 is 0 Å². The Bertz CT molecular complexity index is 566. The normalized spacial score (nSPS) is 18.2. The first-order valence-corrected chi connectivity index (χ1v) is 8.70. The van der Waals surface area contributed by atoms with E-state index in [-0.39, 0.29) is 18.3 Å². The molecule has 3 rings (SSSR count). The standard InChI is InChI=1S/C14H17N3OS2.ClH/c18-13(7-10-9-19-6-5-15-10)16-8-14-17-11-3-1-2-4-12(11)20-14;/h1-4,10,15H,5-9H2,(H,16,18);1H. The minimum atomic E-state index is 0. The van der Waals surface area contributed by atoms with Crippen LogP contribution >= 0.6 is 35.5 Å². The molecule has 1 aromatic heterocycles. The Kier molecular flexibility index (Phi) is 6.29. The van der Waals surface area contributed by atoms with Gasteiger partial charge in [-0.25, -0.2) is 4.98 Å². The molecule has 1 amide bonds. The summed E-state index contributed by atoms with van der Waals surface area (Å²) < 4.78 is 1.17. The van der Waals surface area contributed by atoms with Crippen LogP contribution in [-0.4, -0.2) is 35.0 Å². The molecule has 4 nitrogen and oxygen atoms in total. The van der Waals surface area contributed by atoms with Crippen LogP contribution in [0.25, 0.3) is 10.2 Å². The maximum absolute atomic E-state index is 11.9. The monoisotopic (exact) mass is 343 g/mol. The maximum atomic E-state index is 11.9. The minimum Gasteiger partial charge on any atom is -0.350 e. The fraction of sp³-hybridized carbons (Fsp3) is 0.429. The molecule has 0 aliphatic carbocycles. The van der Waals surface area contributed by atoms with Gasteiger partial charge in [-0.15, -0.1) is 23.7 Å². The van der Waals surface area contributed by atoms with Gasteiger partial charge < -0.3 is 10.6 Å². The van der Waals surface area contributed by atoms with E-state index in [4.69, 9.17) is 0 Å². The van der Waals surface area contributed by atoms with Gasteiger partial charge >= 0.3 is 0 Å². The van der Waals surface area contributed by atoms with Crippen molar-refractivity contribution in [1.82, 2.24) is 15.6 Å². The molecule has 0 bridgehead atoms. The van der Waals surface area contributed by atoms with Crippen LogP contribution in [0, 0.1) is 0 Å². The molecule has 1 aromatic carbocycles. The highest BCUT2D eigenvalue weighted by Gasteiger charge is 2.16. The third kappa shape index (κ3) is 4.57. The Morgan fingerprint density at radius 3 is 3.05 bits per heavy atom. The summed E-state index contributed by atoms with van der Waals surface area (Å²) in [7, 11) is 0. The number of carbonyl (C=O) groups excluding carboxylic acids is 1. The highest BCUT2D eigenvalue weighted by atomic mass is 35.5. The van der Waals surface area contributed by atoms with Gasteiger partial charge in [0.25, 0.3) is 0 Å². The van der Waals surface area contributed by atoms with Crippen molar-refractivity contribution >= 4 is 51.6 Å². The molecular formula is C14H18ClN3OS2. The van der Waals surface area contributed by atoms with E-state index in [1.54, 1.807) is 11.3 Å². The average molecular weight is 344 g/mol. The van der Waals surface area contributed by atoms with Gasteiger partial charge in [-0.3, -0.25) is 4.79 Å². The average Bonchev–Trinajstić information content (AvgIpc) is 2.89. The van der Waals surface area contributed by atoms with Crippen LogP contribution in [-0.2, 0) is 11.3 Å².